The Morgan fingerprint density at radius 2 is 1.40 bits per heavy atom. The average molecular weight is 445 g/mol. The number of nitrogens with zero attached hydrogens (tertiary/aromatic N) is 1. The highest BCUT2D eigenvalue weighted by Gasteiger charge is 2.05. The first kappa shape index (κ1) is 30.2. The van der Waals surface area contributed by atoms with Crippen molar-refractivity contribution in [3.8, 4) is 11.1 Å². The Labute approximate surface area is 194 Å². The maximum Gasteiger partial charge on any atom is 0.0721 e. The van der Waals surface area contributed by atoms with Crippen LogP contribution < -0.4 is 5.32 Å². The molecule has 166 valence electrons. The van der Waals surface area contributed by atoms with Gasteiger partial charge in [-0.2, -0.15) is 0 Å². The van der Waals surface area contributed by atoms with Gasteiger partial charge in [0.2, 0.25) is 0 Å². The van der Waals surface area contributed by atoms with E-state index in [2.05, 4.69) is 79.1 Å². The van der Waals surface area contributed by atoms with Gasteiger partial charge in [-0.25, -0.2) is 4.37 Å². The van der Waals surface area contributed by atoms with Crippen molar-refractivity contribution in [3.63, 3.8) is 0 Å². The number of nitrogens with one attached hydrogen (secondary N) is 1. The van der Waals surface area contributed by atoms with Crippen LogP contribution in [0.4, 0.5) is 0 Å². The van der Waals surface area contributed by atoms with Crippen molar-refractivity contribution >= 4 is 28.7 Å². The summed E-state index contributed by atoms with van der Waals surface area (Å²) < 4.78 is 4.18. The maximum absolute atomic E-state index is 4.68. The molecule has 0 atom stereocenters. The van der Waals surface area contributed by atoms with E-state index in [4.69, 9.17) is 0 Å². The van der Waals surface area contributed by atoms with Crippen molar-refractivity contribution in [2.45, 2.75) is 62.3 Å². The van der Waals surface area contributed by atoms with Crippen LogP contribution in [0.2, 0.25) is 0 Å². The minimum atomic E-state index is 0.873. The zero-order valence-electron chi connectivity index (χ0n) is 20.2. The molecule has 30 heavy (non-hydrogen) atoms. The lowest BCUT2D eigenvalue weighted by Crippen LogP contribution is -2.16. The number of hydrogen-bond acceptors (Lipinski definition) is 3. The highest BCUT2D eigenvalue weighted by molar-refractivity contribution is 7.80. The molecule has 0 fully saturated rings. The predicted molar refractivity (Wildman–Crippen MR) is 143 cm³/mol. The molecule has 4 heteroatoms. The molecule has 0 aliphatic carbocycles. The van der Waals surface area contributed by atoms with E-state index < -0.39 is 0 Å². The van der Waals surface area contributed by atoms with E-state index >= 15 is 0 Å². The number of thiocarbonyl (C=S) groups is 1. The Kier molecular flexibility index (Phi) is 20.3. The molecule has 3 rings (SSSR count). The van der Waals surface area contributed by atoms with Gasteiger partial charge >= 0.3 is 0 Å². The first-order valence-corrected chi connectivity index (χ1v) is 11.9. The van der Waals surface area contributed by atoms with Gasteiger partial charge in [-0.3, -0.25) is 0 Å². The summed E-state index contributed by atoms with van der Waals surface area (Å²) in [6, 6.07) is 18.7. The monoisotopic (exact) mass is 444 g/mol. The standard InChI is InChI=1S/C11H11NS.C7H8.C4H9NS.2C2H6/c1-8-5-3-4-6-10(8)11-7-12-13-9(11)2;1-7-5-3-2-4-6-7;1-3-5-4(2)6;2*1-2/h3-7H,1-2H3;2-6H,1H3;3H2,1-2H3,(H,5,6);2*1-2H3. The minimum absolute atomic E-state index is 0.873. The summed E-state index contributed by atoms with van der Waals surface area (Å²) in [6.45, 7) is 19.2. The van der Waals surface area contributed by atoms with Gasteiger partial charge in [0.25, 0.3) is 0 Å². The molecule has 0 amide bonds. The molecule has 3 aromatic rings. The second kappa shape index (κ2) is 20.2. The molecule has 0 saturated heterocycles. The maximum atomic E-state index is 4.68. The van der Waals surface area contributed by atoms with Crippen molar-refractivity contribution in [3.05, 3.63) is 76.8 Å². The average Bonchev–Trinajstić information content (AvgIpc) is 3.18. The van der Waals surface area contributed by atoms with Crippen LogP contribution in [0.5, 0.6) is 0 Å². The molecule has 0 unspecified atom stereocenters. The first-order chi connectivity index (χ1) is 14.5. The summed E-state index contributed by atoms with van der Waals surface area (Å²) in [5.74, 6) is 0. The zero-order chi connectivity index (χ0) is 23.4. The van der Waals surface area contributed by atoms with Gasteiger partial charge in [-0.05, 0) is 57.3 Å². The van der Waals surface area contributed by atoms with E-state index in [1.807, 2.05) is 65.9 Å². The predicted octanol–water partition coefficient (Wildman–Crippen LogP) is 8.42. The summed E-state index contributed by atoms with van der Waals surface area (Å²) in [6.07, 6.45) is 1.95. The molecule has 1 N–H and O–H groups in total. The summed E-state index contributed by atoms with van der Waals surface area (Å²) in [4.78, 5) is 2.16. The third-order valence-electron chi connectivity index (χ3n) is 3.55. The third kappa shape index (κ3) is 14.0. The SMILES string of the molecule is CC.CC.CCNC(C)=S.Cc1ccccc1.Cc1ccccc1-c1cnsc1C. The molecule has 0 saturated carbocycles. The molecular weight excluding hydrogens is 404 g/mol. The lowest BCUT2D eigenvalue weighted by molar-refractivity contribution is 0.978. The number of rotatable bonds is 2. The molecule has 1 aromatic heterocycles. The fourth-order valence-electron chi connectivity index (χ4n) is 2.22. The Hall–Kier alpha value is -2.04. The van der Waals surface area contributed by atoms with Crippen molar-refractivity contribution in [2.24, 2.45) is 0 Å². The topological polar surface area (TPSA) is 24.9 Å². The van der Waals surface area contributed by atoms with Crippen LogP contribution in [0.3, 0.4) is 0 Å². The molecule has 0 aliphatic rings. The second-order valence-corrected chi connectivity index (χ2v) is 7.47. The smallest absolute Gasteiger partial charge is 0.0721 e. The van der Waals surface area contributed by atoms with Crippen molar-refractivity contribution in [1.82, 2.24) is 9.69 Å². The minimum Gasteiger partial charge on any atom is -0.380 e. The van der Waals surface area contributed by atoms with Crippen molar-refractivity contribution < 1.29 is 0 Å². The van der Waals surface area contributed by atoms with Crippen LogP contribution in [-0.2, 0) is 0 Å². The van der Waals surface area contributed by atoms with E-state index in [1.165, 1.54) is 27.1 Å². The second-order valence-electron chi connectivity index (χ2n) is 5.85. The fraction of sp³-hybridized carbons (Fsp3) is 0.385. The Balaban J connectivity index is 0. The Morgan fingerprint density at radius 1 is 0.867 bits per heavy atom. The molecule has 0 radical (unpaired) electrons. The van der Waals surface area contributed by atoms with Gasteiger partial charge < -0.3 is 5.32 Å². The summed E-state index contributed by atoms with van der Waals surface area (Å²) >= 11 is 6.24. The van der Waals surface area contributed by atoms with Gasteiger partial charge in [-0.15, -0.1) is 0 Å². The van der Waals surface area contributed by atoms with Gasteiger partial charge in [0.1, 0.15) is 0 Å². The van der Waals surface area contributed by atoms with Gasteiger partial charge in [0.05, 0.1) is 4.99 Å². The quantitative estimate of drug-likeness (QED) is 0.401. The van der Waals surface area contributed by atoms with Crippen LogP contribution in [-0.4, -0.2) is 15.9 Å². The summed E-state index contributed by atoms with van der Waals surface area (Å²) in [7, 11) is 0. The lowest BCUT2D eigenvalue weighted by Gasteiger charge is -2.02. The number of hydrogen-bond donors (Lipinski definition) is 1. The van der Waals surface area contributed by atoms with E-state index in [1.54, 1.807) is 11.5 Å². The van der Waals surface area contributed by atoms with E-state index in [-0.39, 0.29) is 0 Å². The van der Waals surface area contributed by atoms with Gasteiger partial charge in [-0.1, -0.05) is 100 Å². The van der Waals surface area contributed by atoms with Gasteiger partial charge in [0.15, 0.2) is 0 Å². The van der Waals surface area contributed by atoms with Crippen molar-refractivity contribution in [2.75, 3.05) is 6.54 Å². The number of aromatic nitrogens is 1. The zero-order valence-corrected chi connectivity index (χ0v) is 21.9. The van der Waals surface area contributed by atoms with Crippen LogP contribution in [0.25, 0.3) is 11.1 Å². The Morgan fingerprint density at radius 3 is 1.73 bits per heavy atom. The van der Waals surface area contributed by atoms with Crippen LogP contribution in [0.1, 0.15) is 57.5 Å². The summed E-state index contributed by atoms with van der Waals surface area (Å²) in [5.41, 5.74) is 5.20. The van der Waals surface area contributed by atoms with Crippen LogP contribution in [0, 0.1) is 20.8 Å². The largest absolute Gasteiger partial charge is 0.380 e. The van der Waals surface area contributed by atoms with Crippen molar-refractivity contribution in [1.29, 1.82) is 0 Å². The first-order valence-electron chi connectivity index (χ1n) is 10.7. The highest BCUT2D eigenvalue weighted by Crippen LogP contribution is 2.27. The molecule has 2 nitrogen and oxygen atoms in total. The van der Waals surface area contributed by atoms with E-state index in [9.17, 15) is 0 Å². The van der Waals surface area contributed by atoms with Crippen LogP contribution >= 0.6 is 23.8 Å². The third-order valence-corrected chi connectivity index (χ3v) is 4.40. The fourth-order valence-corrected chi connectivity index (χ4v) is 2.94. The highest BCUT2D eigenvalue weighted by atomic mass is 32.1. The molecule has 0 aliphatic heterocycles. The molecule has 0 spiro atoms. The molecule has 2 aromatic carbocycles. The van der Waals surface area contributed by atoms with E-state index in [0.717, 1.165) is 11.5 Å². The normalized spacial score (nSPS) is 8.43. The molecule has 0 bridgehead atoms. The van der Waals surface area contributed by atoms with Gasteiger partial charge in [0, 0.05) is 23.2 Å². The number of aryl methyl sites for hydroxylation is 3. The molecular formula is C26H40N2S2. The molecule has 1 heterocycles. The lowest BCUT2D eigenvalue weighted by atomic mass is 10.0. The summed E-state index contributed by atoms with van der Waals surface area (Å²) in [5, 5.41) is 2.94. The number of benzene rings is 2. The van der Waals surface area contributed by atoms with E-state index in [0.29, 0.717) is 0 Å². The Bertz CT molecular complexity index is 780. The van der Waals surface area contributed by atoms with Crippen LogP contribution in [0.15, 0.2) is 60.8 Å².